The molecule has 24 heavy (non-hydrogen) atoms. The molecule has 0 spiro atoms. The van der Waals surface area contributed by atoms with Gasteiger partial charge in [-0.05, 0) is 24.3 Å². The maximum atomic E-state index is 12.0. The quantitative estimate of drug-likeness (QED) is 0.866. The number of carbonyl (C=O) groups is 1. The minimum absolute atomic E-state index is 0.244. The molecular weight excluding hydrogens is 330 g/mol. The summed E-state index contributed by atoms with van der Waals surface area (Å²) in [4.78, 5) is 14.2. The molecule has 8 heteroatoms. The van der Waals surface area contributed by atoms with E-state index < -0.39 is 0 Å². The lowest BCUT2D eigenvalue weighted by Gasteiger charge is -2.26. The van der Waals surface area contributed by atoms with Gasteiger partial charge in [0.1, 0.15) is 0 Å². The number of rotatable bonds is 5. The summed E-state index contributed by atoms with van der Waals surface area (Å²) in [6, 6.07) is 6.90. The fraction of sp³-hybridized carbons (Fsp3) is 0.375. The van der Waals surface area contributed by atoms with Crippen LogP contribution in [0.4, 0.5) is 10.5 Å². The Hall–Kier alpha value is -2.09. The van der Waals surface area contributed by atoms with Gasteiger partial charge in [-0.15, -0.1) is 0 Å². The SMILES string of the molecule is O=C(NCCN1CCOCC1)Nc1ccc(-n2cccn2)c(Cl)c1. The lowest BCUT2D eigenvalue weighted by molar-refractivity contribution is 0.0388. The van der Waals surface area contributed by atoms with Crippen LogP contribution < -0.4 is 10.6 Å². The maximum Gasteiger partial charge on any atom is 0.319 e. The van der Waals surface area contributed by atoms with Crippen LogP contribution in [0.3, 0.4) is 0 Å². The van der Waals surface area contributed by atoms with Gasteiger partial charge in [0.15, 0.2) is 0 Å². The smallest absolute Gasteiger partial charge is 0.319 e. The van der Waals surface area contributed by atoms with Crippen LogP contribution in [0.2, 0.25) is 5.02 Å². The molecule has 1 aromatic heterocycles. The summed E-state index contributed by atoms with van der Waals surface area (Å²) in [7, 11) is 0. The van der Waals surface area contributed by atoms with Crippen molar-refractivity contribution in [2.75, 3.05) is 44.7 Å². The highest BCUT2D eigenvalue weighted by Gasteiger charge is 2.10. The van der Waals surface area contributed by atoms with E-state index in [4.69, 9.17) is 16.3 Å². The summed E-state index contributed by atoms with van der Waals surface area (Å²) < 4.78 is 6.97. The minimum Gasteiger partial charge on any atom is -0.379 e. The van der Waals surface area contributed by atoms with Gasteiger partial charge in [-0.1, -0.05) is 11.6 Å². The third kappa shape index (κ3) is 4.47. The molecule has 1 aliphatic rings. The molecular formula is C16H20ClN5O2. The summed E-state index contributed by atoms with van der Waals surface area (Å²) >= 11 is 6.26. The summed E-state index contributed by atoms with van der Waals surface area (Å²) in [6.45, 7) is 4.74. The Balaban J connectivity index is 1.48. The van der Waals surface area contributed by atoms with Crippen molar-refractivity contribution in [2.45, 2.75) is 0 Å². The maximum absolute atomic E-state index is 12.0. The average molecular weight is 350 g/mol. The predicted molar refractivity (Wildman–Crippen MR) is 92.9 cm³/mol. The first kappa shape index (κ1) is 16.8. The molecule has 0 bridgehead atoms. The first-order valence-electron chi connectivity index (χ1n) is 7.87. The van der Waals surface area contributed by atoms with Gasteiger partial charge in [-0.2, -0.15) is 5.10 Å². The van der Waals surface area contributed by atoms with E-state index in [1.807, 2.05) is 18.3 Å². The van der Waals surface area contributed by atoms with Crippen LogP contribution in [-0.4, -0.2) is 60.1 Å². The van der Waals surface area contributed by atoms with Crippen LogP contribution in [0.1, 0.15) is 0 Å². The van der Waals surface area contributed by atoms with Crippen molar-refractivity contribution in [3.63, 3.8) is 0 Å². The Morgan fingerprint density at radius 2 is 2.17 bits per heavy atom. The molecule has 2 N–H and O–H groups in total. The Kier molecular flexibility index (Phi) is 5.68. The monoisotopic (exact) mass is 349 g/mol. The molecule has 1 aromatic carbocycles. The van der Waals surface area contributed by atoms with E-state index in [0.29, 0.717) is 17.3 Å². The molecule has 2 amide bonds. The number of carbonyl (C=O) groups excluding carboxylic acids is 1. The third-order valence-electron chi connectivity index (χ3n) is 3.77. The number of nitrogens with zero attached hydrogens (tertiary/aromatic N) is 3. The van der Waals surface area contributed by atoms with Gasteiger partial charge in [-0.3, -0.25) is 4.90 Å². The minimum atomic E-state index is -0.244. The topological polar surface area (TPSA) is 71.4 Å². The molecule has 0 radical (unpaired) electrons. The highest BCUT2D eigenvalue weighted by molar-refractivity contribution is 6.32. The van der Waals surface area contributed by atoms with Gasteiger partial charge in [0.05, 0.1) is 23.9 Å². The second-order valence-electron chi connectivity index (χ2n) is 5.45. The van der Waals surface area contributed by atoms with E-state index >= 15 is 0 Å². The Bertz CT molecular complexity index is 671. The normalized spacial score (nSPS) is 15.2. The van der Waals surface area contributed by atoms with Crippen LogP contribution >= 0.6 is 11.6 Å². The van der Waals surface area contributed by atoms with Crippen molar-refractivity contribution in [1.82, 2.24) is 20.0 Å². The second-order valence-corrected chi connectivity index (χ2v) is 5.86. The standard InChI is InChI=1S/C16H20ClN5O2/c17-14-12-13(2-3-15(14)22-6-1-4-19-22)20-16(23)18-5-7-21-8-10-24-11-9-21/h1-4,6,12H,5,7-11H2,(H2,18,20,23). The molecule has 1 aliphatic heterocycles. The zero-order chi connectivity index (χ0) is 16.8. The number of halogens is 1. The molecule has 0 atom stereocenters. The van der Waals surface area contributed by atoms with E-state index in [2.05, 4.69) is 20.6 Å². The summed E-state index contributed by atoms with van der Waals surface area (Å²) in [6.07, 6.45) is 3.50. The first-order valence-corrected chi connectivity index (χ1v) is 8.25. The highest BCUT2D eigenvalue weighted by Crippen LogP contribution is 2.23. The number of anilines is 1. The number of hydrogen-bond acceptors (Lipinski definition) is 4. The number of morpholine rings is 1. The Morgan fingerprint density at radius 1 is 1.33 bits per heavy atom. The number of hydrogen-bond donors (Lipinski definition) is 2. The zero-order valence-electron chi connectivity index (χ0n) is 13.2. The first-order chi connectivity index (χ1) is 11.7. The number of aromatic nitrogens is 2. The molecule has 1 saturated heterocycles. The number of amides is 2. The summed E-state index contributed by atoms with van der Waals surface area (Å²) in [5, 5.41) is 10.3. The number of ether oxygens (including phenoxy) is 1. The molecule has 0 aliphatic carbocycles. The van der Waals surface area contributed by atoms with Crippen LogP contribution in [0.5, 0.6) is 0 Å². The number of nitrogens with one attached hydrogen (secondary N) is 2. The van der Waals surface area contributed by atoms with Gasteiger partial charge >= 0.3 is 6.03 Å². The van der Waals surface area contributed by atoms with Crippen LogP contribution in [-0.2, 0) is 4.74 Å². The average Bonchev–Trinajstić information content (AvgIpc) is 3.10. The molecule has 2 heterocycles. The van der Waals surface area contributed by atoms with Gasteiger partial charge in [0, 0.05) is 44.3 Å². The van der Waals surface area contributed by atoms with E-state index in [0.717, 1.165) is 38.5 Å². The summed E-state index contributed by atoms with van der Waals surface area (Å²) in [5.41, 5.74) is 1.40. The van der Waals surface area contributed by atoms with Crippen LogP contribution in [0.25, 0.3) is 5.69 Å². The zero-order valence-corrected chi connectivity index (χ0v) is 14.0. The molecule has 3 rings (SSSR count). The molecule has 7 nitrogen and oxygen atoms in total. The van der Waals surface area contributed by atoms with Crippen LogP contribution in [0.15, 0.2) is 36.7 Å². The van der Waals surface area contributed by atoms with Crippen LogP contribution in [0, 0.1) is 0 Å². The largest absolute Gasteiger partial charge is 0.379 e. The van der Waals surface area contributed by atoms with E-state index in [1.165, 1.54) is 0 Å². The van der Waals surface area contributed by atoms with E-state index in [9.17, 15) is 4.79 Å². The van der Waals surface area contributed by atoms with Crippen molar-refractivity contribution in [1.29, 1.82) is 0 Å². The van der Waals surface area contributed by atoms with Crippen molar-refractivity contribution >= 4 is 23.3 Å². The predicted octanol–water partition coefficient (Wildman–Crippen LogP) is 1.98. The van der Waals surface area contributed by atoms with Crippen molar-refractivity contribution < 1.29 is 9.53 Å². The molecule has 0 unspecified atom stereocenters. The molecule has 0 saturated carbocycles. The summed E-state index contributed by atoms with van der Waals surface area (Å²) in [5.74, 6) is 0. The molecule has 2 aromatic rings. The Morgan fingerprint density at radius 3 is 2.88 bits per heavy atom. The third-order valence-corrected chi connectivity index (χ3v) is 4.08. The molecule has 1 fully saturated rings. The van der Waals surface area contributed by atoms with E-state index in [-0.39, 0.29) is 6.03 Å². The van der Waals surface area contributed by atoms with Gasteiger partial charge < -0.3 is 15.4 Å². The lowest BCUT2D eigenvalue weighted by Crippen LogP contribution is -2.42. The fourth-order valence-corrected chi connectivity index (χ4v) is 2.78. The Labute approximate surface area is 145 Å². The molecule has 128 valence electrons. The lowest BCUT2D eigenvalue weighted by atomic mass is 10.3. The highest BCUT2D eigenvalue weighted by atomic mass is 35.5. The van der Waals surface area contributed by atoms with Gasteiger partial charge in [-0.25, -0.2) is 9.48 Å². The van der Waals surface area contributed by atoms with Crippen molar-refractivity contribution in [2.24, 2.45) is 0 Å². The number of urea groups is 1. The van der Waals surface area contributed by atoms with Gasteiger partial charge in [0.2, 0.25) is 0 Å². The van der Waals surface area contributed by atoms with Crippen molar-refractivity contribution in [3.05, 3.63) is 41.7 Å². The number of benzene rings is 1. The fourth-order valence-electron chi connectivity index (χ4n) is 2.51. The second kappa shape index (κ2) is 8.14. The van der Waals surface area contributed by atoms with Crippen molar-refractivity contribution in [3.8, 4) is 5.69 Å². The van der Waals surface area contributed by atoms with Gasteiger partial charge in [0.25, 0.3) is 0 Å². The van der Waals surface area contributed by atoms with E-state index in [1.54, 1.807) is 23.0 Å².